The highest BCUT2D eigenvalue weighted by molar-refractivity contribution is 7.47. The highest BCUT2D eigenvalue weighted by Crippen LogP contribution is 2.45. The van der Waals surface area contributed by atoms with Crippen LogP contribution in [0.3, 0.4) is 0 Å². The van der Waals surface area contributed by atoms with Crippen molar-refractivity contribution in [2.45, 2.75) is 547 Å². The Morgan fingerprint density at radius 3 is 0.518 bits per heavy atom. The number of rotatable bonds is 96. The van der Waals surface area contributed by atoms with Gasteiger partial charge in [-0.1, -0.05) is 477 Å². The van der Waals surface area contributed by atoms with Crippen LogP contribution in [-0.4, -0.2) is 96.7 Å². The zero-order chi connectivity index (χ0) is 83.1. The van der Waals surface area contributed by atoms with Crippen LogP contribution in [0.4, 0.5) is 0 Å². The topological polar surface area (TPSA) is 237 Å². The van der Waals surface area contributed by atoms with E-state index in [-0.39, 0.29) is 25.7 Å². The van der Waals surface area contributed by atoms with Crippen molar-refractivity contribution in [2.75, 3.05) is 39.6 Å². The van der Waals surface area contributed by atoms with Crippen LogP contribution in [-0.2, 0) is 65.4 Å². The van der Waals surface area contributed by atoms with Crippen molar-refractivity contribution in [1.82, 2.24) is 0 Å². The Hall–Kier alpha value is -1.94. The van der Waals surface area contributed by atoms with Crippen LogP contribution in [0.15, 0.2) is 0 Å². The van der Waals surface area contributed by atoms with Crippen molar-refractivity contribution in [2.24, 2.45) is 0 Å². The lowest BCUT2D eigenvalue weighted by Crippen LogP contribution is -2.30. The van der Waals surface area contributed by atoms with Gasteiger partial charge in [-0.25, -0.2) is 9.13 Å². The van der Waals surface area contributed by atoms with Crippen LogP contribution in [0.5, 0.6) is 0 Å². The first-order valence-corrected chi connectivity index (χ1v) is 52.3. The van der Waals surface area contributed by atoms with Gasteiger partial charge in [0.25, 0.3) is 0 Å². The Balaban J connectivity index is 5.21. The van der Waals surface area contributed by atoms with Gasteiger partial charge in [0, 0.05) is 25.7 Å². The molecule has 0 aliphatic rings. The van der Waals surface area contributed by atoms with Crippen molar-refractivity contribution in [3.63, 3.8) is 0 Å². The number of unbranched alkanes of at least 4 members (excludes halogenated alkanes) is 70. The molecule has 5 atom stereocenters. The van der Waals surface area contributed by atoms with E-state index >= 15 is 0 Å². The Kier molecular flexibility index (Phi) is 87.3. The van der Waals surface area contributed by atoms with E-state index in [0.717, 1.165) is 89.9 Å². The SMILES string of the molecule is CCCCCCCCCCCCCCCCCCCCCCCCC(=O)OC[C@H](COP(=O)(O)OC[C@@H](O)COP(=O)(O)OC[C@@H](COC(=O)CCCCCCCCCCCCC)OC(=O)CCCCCCCCCCCCCCCCCCCCC)OC(=O)CCCCCCCCCCCCCCCCCCCCCCCC. The number of hydrogen-bond acceptors (Lipinski definition) is 15. The van der Waals surface area contributed by atoms with Gasteiger partial charge in [0.15, 0.2) is 12.2 Å². The minimum atomic E-state index is -4.97. The number of carbonyl (C=O) groups is 4. The highest BCUT2D eigenvalue weighted by atomic mass is 31.2. The van der Waals surface area contributed by atoms with E-state index in [0.29, 0.717) is 25.7 Å². The fraction of sp³-hybridized carbons (Fsp3) is 0.958. The average molecular weight is 1660 g/mol. The zero-order valence-electron chi connectivity index (χ0n) is 75.1. The monoisotopic (exact) mass is 1660 g/mol. The second-order valence-electron chi connectivity index (χ2n) is 34.1. The highest BCUT2D eigenvalue weighted by Gasteiger charge is 2.31. The molecule has 0 rings (SSSR count). The van der Waals surface area contributed by atoms with Gasteiger partial charge in [0.2, 0.25) is 0 Å². The van der Waals surface area contributed by atoms with Crippen LogP contribution in [0.1, 0.15) is 529 Å². The predicted molar refractivity (Wildman–Crippen MR) is 474 cm³/mol. The zero-order valence-corrected chi connectivity index (χ0v) is 76.9. The molecule has 0 radical (unpaired) electrons. The molecule has 0 saturated carbocycles. The van der Waals surface area contributed by atoms with Crippen LogP contribution in [0.2, 0.25) is 0 Å². The quantitative estimate of drug-likeness (QED) is 0.0222. The Bertz CT molecular complexity index is 2140. The number of hydrogen-bond donors (Lipinski definition) is 3. The summed E-state index contributed by atoms with van der Waals surface area (Å²) in [6, 6.07) is 0. The normalized spacial score (nSPS) is 13.6. The lowest BCUT2D eigenvalue weighted by atomic mass is 10.0. The summed E-state index contributed by atoms with van der Waals surface area (Å²) >= 11 is 0. The summed E-state index contributed by atoms with van der Waals surface area (Å²) in [4.78, 5) is 73.5. The number of phosphoric acid groups is 2. The molecule has 19 heteroatoms. The number of aliphatic hydroxyl groups excluding tert-OH is 1. The van der Waals surface area contributed by atoms with Gasteiger partial charge < -0.3 is 33.8 Å². The summed E-state index contributed by atoms with van der Waals surface area (Å²) in [6.45, 7) is 5.10. The largest absolute Gasteiger partial charge is 0.472 e. The van der Waals surface area contributed by atoms with Gasteiger partial charge in [0.05, 0.1) is 26.4 Å². The van der Waals surface area contributed by atoms with Crippen molar-refractivity contribution in [1.29, 1.82) is 0 Å². The van der Waals surface area contributed by atoms with Gasteiger partial charge in [-0.2, -0.15) is 0 Å². The molecule has 0 amide bonds. The summed E-state index contributed by atoms with van der Waals surface area (Å²) in [5.41, 5.74) is 0. The van der Waals surface area contributed by atoms with Gasteiger partial charge in [0.1, 0.15) is 19.3 Å². The Morgan fingerprint density at radius 2 is 0.351 bits per heavy atom. The molecule has 0 saturated heterocycles. The molecular formula is C95H186O17P2. The van der Waals surface area contributed by atoms with E-state index in [2.05, 4.69) is 27.7 Å². The van der Waals surface area contributed by atoms with Crippen molar-refractivity contribution >= 4 is 39.5 Å². The molecule has 2 unspecified atom stereocenters. The van der Waals surface area contributed by atoms with E-state index in [1.807, 2.05) is 0 Å². The van der Waals surface area contributed by atoms with Crippen molar-refractivity contribution in [3.8, 4) is 0 Å². The van der Waals surface area contributed by atoms with Gasteiger partial charge in [-0.15, -0.1) is 0 Å². The number of phosphoric ester groups is 2. The third-order valence-corrected chi connectivity index (χ3v) is 24.5. The summed E-state index contributed by atoms with van der Waals surface area (Å²) in [5.74, 6) is -2.09. The first kappa shape index (κ1) is 112. The average Bonchev–Trinajstić information content (AvgIpc) is 0.899. The number of esters is 4. The van der Waals surface area contributed by atoms with E-state index in [1.54, 1.807) is 0 Å². The van der Waals surface area contributed by atoms with Crippen LogP contribution in [0.25, 0.3) is 0 Å². The molecule has 0 spiro atoms. The molecule has 0 aromatic heterocycles. The summed E-state index contributed by atoms with van der Waals surface area (Å²) < 4.78 is 69.2. The summed E-state index contributed by atoms with van der Waals surface area (Å²) in [5, 5.41) is 10.7. The molecule has 0 fully saturated rings. The minimum Gasteiger partial charge on any atom is -0.462 e. The van der Waals surface area contributed by atoms with Crippen LogP contribution < -0.4 is 0 Å². The molecule has 0 aliphatic heterocycles. The van der Waals surface area contributed by atoms with E-state index in [1.165, 1.54) is 360 Å². The first-order valence-electron chi connectivity index (χ1n) is 49.3. The molecule has 0 aromatic rings. The van der Waals surface area contributed by atoms with Crippen LogP contribution >= 0.6 is 15.6 Å². The lowest BCUT2D eigenvalue weighted by Gasteiger charge is -2.21. The third-order valence-electron chi connectivity index (χ3n) is 22.6. The third kappa shape index (κ3) is 87.9. The first-order chi connectivity index (χ1) is 55.7. The number of aliphatic hydroxyl groups is 1. The smallest absolute Gasteiger partial charge is 0.462 e. The van der Waals surface area contributed by atoms with Crippen LogP contribution in [0, 0.1) is 0 Å². The molecule has 17 nitrogen and oxygen atoms in total. The molecular weight excluding hydrogens is 1470 g/mol. The second kappa shape index (κ2) is 88.8. The molecule has 0 aromatic carbocycles. The lowest BCUT2D eigenvalue weighted by molar-refractivity contribution is -0.161. The number of carbonyl (C=O) groups excluding carboxylic acids is 4. The predicted octanol–water partition coefficient (Wildman–Crippen LogP) is 30.0. The van der Waals surface area contributed by atoms with Crippen molar-refractivity contribution in [3.05, 3.63) is 0 Å². The minimum absolute atomic E-state index is 0.110. The van der Waals surface area contributed by atoms with Crippen molar-refractivity contribution < 1.29 is 80.2 Å². The Morgan fingerprint density at radius 1 is 0.211 bits per heavy atom. The molecule has 678 valence electrons. The number of ether oxygens (including phenoxy) is 4. The maximum atomic E-state index is 13.2. The molecule has 0 heterocycles. The van der Waals surface area contributed by atoms with Gasteiger partial charge >= 0.3 is 39.5 Å². The van der Waals surface area contributed by atoms with E-state index in [9.17, 15) is 43.2 Å². The molecule has 114 heavy (non-hydrogen) atoms. The standard InChI is InChI=1S/C95H186O17P2/c1-5-9-13-17-21-25-29-32-35-38-41-43-45-48-50-53-56-60-64-68-72-76-80-93(98)106-86-91(112-95(100)82-78-74-70-66-62-58-55-52-49-46-44-42-39-36-33-30-26-22-18-14-10-6-2)88-110-114(103,104)108-84-89(96)83-107-113(101,102)109-87-90(85-105-92(97)79-75-71-67-63-59-28-24-20-16-12-8-4)111-94(99)81-77-73-69-65-61-57-54-51-47-40-37-34-31-27-23-19-15-11-7-3/h89-91,96H,5-88H2,1-4H3,(H,101,102)(H,103,104)/t89-,90+,91+/m0/s1. The summed E-state index contributed by atoms with van der Waals surface area (Å²) in [6.07, 6.45) is 87.8. The van der Waals surface area contributed by atoms with Gasteiger partial charge in [-0.3, -0.25) is 37.3 Å². The molecule has 3 N–H and O–H groups in total. The van der Waals surface area contributed by atoms with Gasteiger partial charge in [-0.05, 0) is 25.7 Å². The fourth-order valence-electron chi connectivity index (χ4n) is 15.1. The fourth-order valence-corrected chi connectivity index (χ4v) is 16.7. The van der Waals surface area contributed by atoms with E-state index in [4.69, 9.17) is 37.0 Å². The molecule has 0 aliphatic carbocycles. The summed E-state index contributed by atoms with van der Waals surface area (Å²) in [7, 11) is -9.94. The molecule has 0 bridgehead atoms. The Labute approximate surface area is 702 Å². The maximum absolute atomic E-state index is 13.2. The second-order valence-corrected chi connectivity index (χ2v) is 37.0. The maximum Gasteiger partial charge on any atom is 0.472 e. The van der Waals surface area contributed by atoms with E-state index < -0.39 is 97.5 Å².